The van der Waals surface area contributed by atoms with Gasteiger partial charge in [0.15, 0.2) is 0 Å². The lowest BCUT2D eigenvalue weighted by atomic mass is 9.70. The number of hydrogen-bond donors (Lipinski definition) is 1. The lowest BCUT2D eigenvalue weighted by Gasteiger charge is -2.35. The van der Waals surface area contributed by atoms with E-state index in [-0.39, 0.29) is 33.3 Å². The molecule has 0 saturated heterocycles. The molecule has 0 radical (unpaired) electrons. The third-order valence-electron chi connectivity index (χ3n) is 6.95. The molecule has 4 aromatic rings. The highest BCUT2D eigenvalue weighted by molar-refractivity contribution is 5.78. The van der Waals surface area contributed by atoms with Crippen molar-refractivity contribution in [3.8, 4) is 11.4 Å². The predicted molar refractivity (Wildman–Crippen MR) is 141 cm³/mol. The fourth-order valence-corrected chi connectivity index (χ4v) is 5.35. The van der Waals surface area contributed by atoms with E-state index >= 15 is 0 Å². The van der Waals surface area contributed by atoms with E-state index in [0.29, 0.717) is 5.56 Å². The van der Waals surface area contributed by atoms with Crippen LogP contribution in [0.5, 0.6) is 5.75 Å². The number of phenols is 1. The molecule has 0 bridgehead atoms. The van der Waals surface area contributed by atoms with Crippen LogP contribution in [-0.4, -0.2) is 20.1 Å². The third-order valence-corrected chi connectivity index (χ3v) is 6.95. The summed E-state index contributed by atoms with van der Waals surface area (Å²) in [6.45, 7) is 14.8. The van der Waals surface area contributed by atoms with Gasteiger partial charge in [-0.1, -0.05) is 90.9 Å². The van der Waals surface area contributed by atoms with E-state index < -0.39 is 17.2 Å². The summed E-state index contributed by atoms with van der Waals surface area (Å²) in [5.41, 5.74) is 0.986. The number of nitrogens with zero attached hydrogens (tertiary/aromatic N) is 3. The minimum absolute atomic E-state index is 0.0247. The van der Waals surface area contributed by atoms with Gasteiger partial charge in [0.05, 0.1) is 5.56 Å². The number of fused-ring (bicyclic) bond motifs is 1. The molecule has 3 aromatic carbocycles. The van der Waals surface area contributed by atoms with E-state index in [2.05, 4.69) is 44.8 Å². The lowest BCUT2D eigenvalue weighted by molar-refractivity contribution is -0.136. The van der Waals surface area contributed by atoms with Crippen LogP contribution < -0.4 is 0 Å². The van der Waals surface area contributed by atoms with Crippen LogP contribution in [0, 0.1) is 5.41 Å². The zero-order valence-corrected chi connectivity index (χ0v) is 22.4. The Morgan fingerprint density at radius 2 is 1.41 bits per heavy atom. The first kappa shape index (κ1) is 26.7. The zero-order chi connectivity index (χ0) is 27.4. The maximum atomic E-state index is 13.7. The van der Waals surface area contributed by atoms with Crippen molar-refractivity contribution in [2.45, 2.75) is 71.9 Å². The Labute approximate surface area is 216 Å². The first-order valence-corrected chi connectivity index (χ1v) is 12.4. The first-order chi connectivity index (χ1) is 17.0. The quantitative estimate of drug-likeness (QED) is 0.295. The molecule has 0 atom stereocenters. The van der Waals surface area contributed by atoms with Crippen LogP contribution in [0.3, 0.4) is 0 Å². The second-order valence-corrected chi connectivity index (χ2v) is 12.2. The fourth-order valence-electron chi connectivity index (χ4n) is 5.35. The number of hydrogen-bond acceptors (Lipinski definition) is 3. The summed E-state index contributed by atoms with van der Waals surface area (Å²) < 4.78 is 41.0. The van der Waals surface area contributed by atoms with E-state index in [1.54, 1.807) is 6.07 Å². The summed E-state index contributed by atoms with van der Waals surface area (Å²) in [7, 11) is 0. The maximum Gasteiger partial charge on any atom is 0.418 e. The summed E-state index contributed by atoms with van der Waals surface area (Å²) in [5, 5.41) is 20.2. The predicted octanol–water partition coefficient (Wildman–Crippen LogP) is 8.18. The number of benzene rings is 3. The van der Waals surface area contributed by atoms with Gasteiger partial charge >= 0.3 is 6.18 Å². The number of aromatic nitrogens is 3. The largest absolute Gasteiger partial charge is 0.505 e. The van der Waals surface area contributed by atoms with Gasteiger partial charge in [-0.25, -0.2) is 0 Å². The molecule has 0 amide bonds. The molecule has 0 saturated carbocycles. The molecule has 7 heteroatoms. The SMILES string of the molecule is CC(C)(C)CC(C)(C)c1cc(-n2nc3cccc(C(F)(F)F)c3n2)c(O)c(C(C)(C)c2ccccc2)c1. The van der Waals surface area contributed by atoms with Gasteiger partial charge in [0.1, 0.15) is 22.5 Å². The summed E-state index contributed by atoms with van der Waals surface area (Å²) in [5.74, 6) is -0.0574. The minimum atomic E-state index is -4.57. The van der Waals surface area contributed by atoms with Crippen molar-refractivity contribution in [3.63, 3.8) is 0 Å². The Balaban J connectivity index is 2.00. The smallest absolute Gasteiger partial charge is 0.418 e. The van der Waals surface area contributed by atoms with E-state index in [4.69, 9.17) is 0 Å². The van der Waals surface area contributed by atoms with Gasteiger partial charge in [0.2, 0.25) is 0 Å². The number of rotatable bonds is 5. The average Bonchev–Trinajstić information content (AvgIpc) is 3.21. The van der Waals surface area contributed by atoms with Crippen molar-refractivity contribution in [1.82, 2.24) is 15.0 Å². The highest BCUT2D eigenvalue weighted by Gasteiger charge is 2.36. The van der Waals surface area contributed by atoms with Gasteiger partial charge in [0.25, 0.3) is 0 Å². The molecule has 4 rings (SSSR count). The Morgan fingerprint density at radius 1 is 0.757 bits per heavy atom. The summed E-state index contributed by atoms with van der Waals surface area (Å²) in [6, 6.07) is 17.5. The average molecular weight is 510 g/mol. The standard InChI is InChI=1S/C30H34F3N3O/c1-27(2,3)18-28(4,5)20-16-22(29(6,7)19-12-9-8-10-13-19)26(37)24(17-20)36-34-23-15-11-14-21(25(23)35-36)30(31,32)33/h8-17,37H,18H2,1-7H3. The number of aromatic hydroxyl groups is 1. The van der Waals surface area contributed by atoms with Crippen LogP contribution in [-0.2, 0) is 17.0 Å². The van der Waals surface area contributed by atoms with Crippen molar-refractivity contribution < 1.29 is 18.3 Å². The second kappa shape index (κ2) is 8.89. The molecule has 0 aliphatic rings. The van der Waals surface area contributed by atoms with Gasteiger partial charge in [-0.05, 0) is 46.6 Å². The number of phenolic OH excluding ortho intramolecular Hbond substituents is 1. The van der Waals surface area contributed by atoms with Crippen molar-refractivity contribution in [2.75, 3.05) is 0 Å². The van der Waals surface area contributed by atoms with Gasteiger partial charge in [0, 0.05) is 11.0 Å². The van der Waals surface area contributed by atoms with Gasteiger partial charge in [-0.2, -0.15) is 13.2 Å². The van der Waals surface area contributed by atoms with Crippen LogP contribution in [0.1, 0.15) is 77.1 Å². The molecule has 1 heterocycles. The van der Waals surface area contributed by atoms with Crippen LogP contribution >= 0.6 is 0 Å². The Morgan fingerprint density at radius 3 is 2.00 bits per heavy atom. The molecule has 196 valence electrons. The number of halogens is 3. The molecule has 0 unspecified atom stereocenters. The topological polar surface area (TPSA) is 50.9 Å². The van der Waals surface area contributed by atoms with Crippen LogP contribution in [0.15, 0.2) is 60.7 Å². The van der Waals surface area contributed by atoms with Crippen molar-refractivity contribution in [1.29, 1.82) is 0 Å². The molecule has 1 N–H and O–H groups in total. The van der Waals surface area contributed by atoms with Gasteiger partial charge in [-0.3, -0.25) is 0 Å². The van der Waals surface area contributed by atoms with Crippen LogP contribution in [0.25, 0.3) is 16.7 Å². The normalized spacial score (nSPS) is 13.4. The Kier molecular flexibility index (Phi) is 6.42. The molecule has 37 heavy (non-hydrogen) atoms. The number of alkyl halides is 3. The Bertz CT molecular complexity index is 1430. The zero-order valence-electron chi connectivity index (χ0n) is 22.4. The highest BCUT2D eigenvalue weighted by Crippen LogP contribution is 2.45. The van der Waals surface area contributed by atoms with Crippen LogP contribution in [0.2, 0.25) is 0 Å². The molecular weight excluding hydrogens is 475 g/mol. The van der Waals surface area contributed by atoms with E-state index in [1.807, 2.05) is 50.2 Å². The van der Waals surface area contributed by atoms with E-state index in [9.17, 15) is 18.3 Å². The van der Waals surface area contributed by atoms with Crippen molar-refractivity contribution in [3.05, 3.63) is 82.9 Å². The van der Waals surface area contributed by atoms with Crippen LogP contribution in [0.4, 0.5) is 13.2 Å². The first-order valence-electron chi connectivity index (χ1n) is 12.4. The van der Waals surface area contributed by atoms with Crippen molar-refractivity contribution in [2.24, 2.45) is 5.41 Å². The summed E-state index contributed by atoms with van der Waals surface area (Å²) >= 11 is 0. The highest BCUT2D eigenvalue weighted by atomic mass is 19.4. The Hall–Kier alpha value is -3.35. The third kappa shape index (κ3) is 5.22. The van der Waals surface area contributed by atoms with Gasteiger partial charge in [-0.15, -0.1) is 15.0 Å². The van der Waals surface area contributed by atoms with E-state index in [0.717, 1.165) is 28.4 Å². The molecule has 0 fully saturated rings. The summed E-state index contributed by atoms with van der Waals surface area (Å²) in [4.78, 5) is 1.14. The molecular formula is C30H34F3N3O. The molecule has 0 aliphatic carbocycles. The van der Waals surface area contributed by atoms with Crippen molar-refractivity contribution >= 4 is 11.0 Å². The fraction of sp³-hybridized carbons (Fsp3) is 0.400. The molecule has 4 nitrogen and oxygen atoms in total. The van der Waals surface area contributed by atoms with E-state index in [1.165, 1.54) is 12.1 Å². The molecule has 1 aromatic heterocycles. The minimum Gasteiger partial charge on any atom is -0.505 e. The summed E-state index contributed by atoms with van der Waals surface area (Å²) in [6.07, 6.45) is -3.72. The monoisotopic (exact) mass is 509 g/mol. The second-order valence-electron chi connectivity index (χ2n) is 12.2. The van der Waals surface area contributed by atoms with Gasteiger partial charge < -0.3 is 5.11 Å². The molecule has 0 aliphatic heterocycles. The lowest BCUT2D eigenvalue weighted by Crippen LogP contribution is -2.27. The molecule has 0 spiro atoms. The maximum absolute atomic E-state index is 13.7.